The average molecular weight is 215 g/mol. The summed E-state index contributed by atoms with van der Waals surface area (Å²) in [5.74, 6) is -0.709. The summed E-state index contributed by atoms with van der Waals surface area (Å²) in [6, 6.07) is 0.0775. The molecule has 0 saturated heterocycles. The largest absolute Gasteiger partial charge is 0.481 e. The van der Waals surface area contributed by atoms with Crippen molar-refractivity contribution in [3.05, 3.63) is 0 Å². The average Bonchev–Trinajstić information content (AvgIpc) is 2.14. The lowest BCUT2D eigenvalue weighted by molar-refractivity contribution is -0.137. The maximum absolute atomic E-state index is 11.3. The minimum Gasteiger partial charge on any atom is -0.481 e. The van der Waals surface area contributed by atoms with E-state index in [4.69, 9.17) is 5.11 Å². The van der Waals surface area contributed by atoms with Crippen molar-refractivity contribution in [2.75, 3.05) is 0 Å². The van der Waals surface area contributed by atoms with E-state index in [1.54, 1.807) is 0 Å². The fourth-order valence-corrected chi connectivity index (χ4v) is 1.32. The standard InChI is InChI=1S/C11H21NO3/c1-3-4-7-10(13)12-9(2)6-5-8-11(14)15/h9H,3-8H2,1-2H3,(H,12,13)(H,14,15). The molecule has 0 aliphatic heterocycles. The zero-order valence-electron chi connectivity index (χ0n) is 9.58. The first kappa shape index (κ1) is 13.9. The van der Waals surface area contributed by atoms with Gasteiger partial charge in [-0.2, -0.15) is 0 Å². The van der Waals surface area contributed by atoms with Crippen molar-refractivity contribution in [1.82, 2.24) is 5.32 Å². The van der Waals surface area contributed by atoms with Gasteiger partial charge in [-0.15, -0.1) is 0 Å². The molecule has 0 aliphatic rings. The fraction of sp³-hybridized carbons (Fsp3) is 0.818. The number of nitrogens with one attached hydrogen (secondary N) is 1. The Kier molecular flexibility index (Phi) is 7.68. The first-order chi connectivity index (χ1) is 7.06. The second-order valence-electron chi connectivity index (χ2n) is 3.86. The van der Waals surface area contributed by atoms with Crippen LogP contribution in [0.4, 0.5) is 0 Å². The van der Waals surface area contributed by atoms with E-state index < -0.39 is 5.97 Å². The van der Waals surface area contributed by atoms with Crippen LogP contribution in [0.25, 0.3) is 0 Å². The highest BCUT2D eigenvalue weighted by molar-refractivity contribution is 5.76. The van der Waals surface area contributed by atoms with Gasteiger partial charge < -0.3 is 10.4 Å². The lowest BCUT2D eigenvalue weighted by Crippen LogP contribution is -2.32. The van der Waals surface area contributed by atoms with Crippen LogP contribution in [-0.2, 0) is 9.59 Å². The molecule has 2 N–H and O–H groups in total. The molecule has 0 radical (unpaired) electrons. The summed E-state index contributed by atoms with van der Waals surface area (Å²) in [6.45, 7) is 3.95. The van der Waals surface area contributed by atoms with E-state index in [9.17, 15) is 9.59 Å². The normalized spacial score (nSPS) is 12.1. The molecule has 0 spiro atoms. The lowest BCUT2D eigenvalue weighted by Gasteiger charge is -2.12. The Hall–Kier alpha value is -1.06. The van der Waals surface area contributed by atoms with Crippen LogP contribution < -0.4 is 5.32 Å². The van der Waals surface area contributed by atoms with E-state index >= 15 is 0 Å². The van der Waals surface area contributed by atoms with E-state index in [0.29, 0.717) is 12.8 Å². The molecule has 15 heavy (non-hydrogen) atoms. The first-order valence-electron chi connectivity index (χ1n) is 5.57. The third-order valence-corrected chi connectivity index (χ3v) is 2.19. The van der Waals surface area contributed by atoms with Crippen molar-refractivity contribution in [2.45, 2.75) is 58.4 Å². The molecule has 0 bridgehead atoms. The third kappa shape index (κ3) is 9.25. The van der Waals surface area contributed by atoms with Gasteiger partial charge in [0.25, 0.3) is 0 Å². The Morgan fingerprint density at radius 1 is 1.27 bits per heavy atom. The molecule has 0 aromatic carbocycles. The Labute approximate surface area is 91.1 Å². The summed E-state index contributed by atoms with van der Waals surface area (Å²) < 4.78 is 0. The molecular formula is C11H21NO3. The smallest absolute Gasteiger partial charge is 0.303 e. The van der Waals surface area contributed by atoms with Crippen molar-refractivity contribution in [1.29, 1.82) is 0 Å². The maximum atomic E-state index is 11.3. The number of carbonyl (C=O) groups excluding carboxylic acids is 1. The minimum atomic E-state index is -0.778. The number of carboxylic acids is 1. The predicted octanol–water partition coefficient (Wildman–Crippen LogP) is 1.94. The van der Waals surface area contributed by atoms with Crippen molar-refractivity contribution >= 4 is 11.9 Å². The highest BCUT2D eigenvalue weighted by Crippen LogP contribution is 2.01. The molecule has 0 aromatic rings. The van der Waals surface area contributed by atoms with Gasteiger partial charge in [0.15, 0.2) is 0 Å². The monoisotopic (exact) mass is 215 g/mol. The predicted molar refractivity (Wildman–Crippen MR) is 58.6 cm³/mol. The van der Waals surface area contributed by atoms with E-state index in [-0.39, 0.29) is 18.4 Å². The van der Waals surface area contributed by atoms with Gasteiger partial charge in [-0.1, -0.05) is 13.3 Å². The summed E-state index contributed by atoms with van der Waals surface area (Å²) in [6.07, 6.45) is 4.01. The van der Waals surface area contributed by atoms with Gasteiger partial charge in [0, 0.05) is 18.9 Å². The summed E-state index contributed by atoms with van der Waals surface area (Å²) in [4.78, 5) is 21.5. The molecule has 1 atom stereocenters. The van der Waals surface area contributed by atoms with Crippen molar-refractivity contribution in [3.63, 3.8) is 0 Å². The van der Waals surface area contributed by atoms with Crippen LogP contribution in [0, 0.1) is 0 Å². The second kappa shape index (κ2) is 8.26. The van der Waals surface area contributed by atoms with Crippen molar-refractivity contribution < 1.29 is 14.7 Å². The molecule has 0 aliphatic carbocycles. The van der Waals surface area contributed by atoms with Crippen LogP contribution in [-0.4, -0.2) is 23.0 Å². The quantitative estimate of drug-likeness (QED) is 0.650. The molecule has 0 heterocycles. The SMILES string of the molecule is CCCCC(=O)NC(C)CCCC(=O)O. The van der Waals surface area contributed by atoms with Gasteiger partial charge in [0.1, 0.15) is 0 Å². The number of rotatable bonds is 8. The number of amides is 1. The molecule has 0 saturated carbocycles. The molecule has 4 nitrogen and oxygen atoms in total. The lowest BCUT2D eigenvalue weighted by atomic mass is 10.1. The van der Waals surface area contributed by atoms with E-state index in [1.807, 2.05) is 13.8 Å². The molecule has 0 fully saturated rings. The Balaban J connectivity index is 3.50. The van der Waals surface area contributed by atoms with Crippen LogP contribution in [0.1, 0.15) is 52.4 Å². The third-order valence-electron chi connectivity index (χ3n) is 2.19. The Morgan fingerprint density at radius 3 is 2.47 bits per heavy atom. The molecule has 0 aromatic heterocycles. The Morgan fingerprint density at radius 2 is 1.93 bits per heavy atom. The minimum absolute atomic E-state index is 0.0691. The number of unbranched alkanes of at least 4 members (excludes halogenated alkanes) is 1. The van der Waals surface area contributed by atoms with Crippen LogP contribution in [0.3, 0.4) is 0 Å². The van der Waals surface area contributed by atoms with Gasteiger partial charge in [0.2, 0.25) is 5.91 Å². The molecule has 1 unspecified atom stereocenters. The number of aliphatic carboxylic acids is 1. The zero-order valence-corrected chi connectivity index (χ0v) is 9.58. The fourth-order valence-electron chi connectivity index (χ4n) is 1.32. The molecule has 1 amide bonds. The molecule has 88 valence electrons. The van der Waals surface area contributed by atoms with Crippen LogP contribution >= 0.6 is 0 Å². The van der Waals surface area contributed by atoms with Crippen LogP contribution in [0.5, 0.6) is 0 Å². The van der Waals surface area contributed by atoms with Crippen molar-refractivity contribution in [2.24, 2.45) is 0 Å². The van der Waals surface area contributed by atoms with E-state index in [0.717, 1.165) is 19.3 Å². The van der Waals surface area contributed by atoms with E-state index in [2.05, 4.69) is 5.32 Å². The van der Waals surface area contributed by atoms with Gasteiger partial charge in [-0.25, -0.2) is 0 Å². The molecule has 4 heteroatoms. The first-order valence-corrected chi connectivity index (χ1v) is 5.57. The number of hydrogen-bond donors (Lipinski definition) is 2. The summed E-state index contributed by atoms with van der Waals surface area (Å²) in [5.41, 5.74) is 0. The van der Waals surface area contributed by atoms with Crippen LogP contribution in [0.2, 0.25) is 0 Å². The van der Waals surface area contributed by atoms with E-state index in [1.165, 1.54) is 0 Å². The highest BCUT2D eigenvalue weighted by Gasteiger charge is 2.07. The number of carbonyl (C=O) groups is 2. The number of carboxylic acid groups (broad SMARTS) is 1. The number of hydrogen-bond acceptors (Lipinski definition) is 2. The summed E-state index contributed by atoms with van der Waals surface area (Å²) in [7, 11) is 0. The Bertz CT molecular complexity index is 204. The van der Waals surface area contributed by atoms with Crippen LogP contribution in [0.15, 0.2) is 0 Å². The molecular weight excluding hydrogens is 194 g/mol. The topological polar surface area (TPSA) is 66.4 Å². The highest BCUT2D eigenvalue weighted by atomic mass is 16.4. The molecule has 0 rings (SSSR count). The van der Waals surface area contributed by atoms with Gasteiger partial charge in [-0.3, -0.25) is 9.59 Å². The van der Waals surface area contributed by atoms with Gasteiger partial charge in [-0.05, 0) is 26.2 Å². The maximum Gasteiger partial charge on any atom is 0.303 e. The van der Waals surface area contributed by atoms with Gasteiger partial charge in [0.05, 0.1) is 0 Å². The summed E-state index contributed by atoms with van der Waals surface area (Å²) in [5, 5.41) is 11.3. The zero-order chi connectivity index (χ0) is 11.7. The van der Waals surface area contributed by atoms with Gasteiger partial charge >= 0.3 is 5.97 Å². The van der Waals surface area contributed by atoms with Crippen molar-refractivity contribution in [3.8, 4) is 0 Å². The summed E-state index contributed by atoms with van der Waals surface area (Å²) >= 11 is 0. The second-order valence-corrected chi connectivity index (χ2v) is 3.86.